The van der Waals surface area contributed by atoms with Crippen molar-refractivity contribution in [2.75, 3.05) is 0 Å². The molecule has 0 heterocycles. The molecule has 0 atom stereocenters. The first-order valence-electron chi connectivity index (χ1n) is 5.78. The molecule has 0 spiro atoms. The lowest BCUT2D eigenvalue weighted by Crippen LogP contribution is -2.45. The minimum Gasteiger partial charge on any atom is -0.465 e. The number of rotatable bonds is 3. The zero-order valence-corrected chi connectivity index (χ0v) is 10.9. The number of nitrogens with one attached hydrogen (secondary N) is 1. The number of carboxylic acid groups (broad SMARTS) is 1. The third-order valence-electron chi connectivity index (χ3n) is 2.97. The minimum absolute atomic E-state index is 0.0402. The van der Waals surface area contributed by atoms with Gasteiger partial charge >= 0.3 is 12.3 Å². The van der Waals surface area contributed by atoms with Crippen molar-refractivity contribution in [3.63, 3.8) is 0 Å². The second-order valence-corrected chi connectivity index (χ2v) is 5.87. The van der Waals surface area contributed by atoms with Gasteiger partial charge in [-0.05, 0) is 31.0 Å². The molecule has 0 aromatic heterocycles. The Morgan fingerprint density at radius 1 is 1.35 bits per heavy atom. The predicted molar refractivity (Wildman–Crippen MR) is 65.2 cm³/mol. The molecule has 110 valence electrons. The van der Waals surface area contributed by atoms with Crippen LogP contribution in [0.4, 0.5) is 22.4 Å². The number of halogens is 4. The number of benzene rings is 1. The van der Waals surface area contributed by atoms with E-state index in [4.69, 9.17) is 5.11 Å². The lowest BCUT2D eigenvalue weighted by atomic mass is 9.92. The van der Waals surface area contributed by atoms with Crippen LogP contribution >= 0.6 is 11.8 Å². The Morgan fingerprint density at radius 3 is 2.55 bits per heavy atom. The molecule has 1 fully saturated rings. The Bertz CT molecular complexity index is 515. The molecular formula is C12H11F4NO2S. The average Bonchev–Trinajstić information content (AvgIpc) is 2.26. The Kier molecular flexibility index (Phi) is 4.12. The van der Waals surface area contributed by atoms with Crippen LogP contribution in [0.1, 0.15) is 18.4 Å². The maximum Gasteiger partial charge on any atom is 0.419 e. The summed E-state index contributed by atoms with van der Waals surface area (Å²) in [5.41, 5.74) is -1.28. The van der Waals surface area contributed by atoms with E-state index in [1.54, 1.807) is 0 Å². The fourth-order valence-corrected chi connectivity index (χ4v) is 3.32. The molecule has 1 aliphatic carbocycles. The zero-order chi connectivity index (χ0) is 14.9. The van der Waals surface area contributed by atoms with Crippen LogP contribution in [0, 0.1) is 5.82 Å². The van der Waals surface area contributed by atoms with Gasteiger partial charge in [0.1, 0.15) is 5.82 Å². The van der Waals surface area contributed by atoms with Gasteiger partial charge in [0, 0.05) is 16.2 Å². The Labute approximate surface area is 116 Å². The van der Waals surface area contributed by atoms with Crippen molar-refractivity contribution in [1.82, 2.24) is 5.32 Å². The van der Waals surface area contributed by atoms with Crippen LogP contribution in [0.5, 0.6) is 0 Å². The van der Waals surface area contributed by atoms with Gasteiger partial charge in [0.05, 0.1) is 5.56 Å². The van der Waals surface area contributed by atoms with Gasteiger partial charge in [-0.15, -0.1) is 11.8 Å². The van der Waals surface area contributed by atoms with E-state index < -0.39 is 23.7 Å². The number of alkyl halides is 3. The van der Waals surface area contributed by atoms with Crippen molar-refractivity contribution in [2.24, 2.45) is 0 Å². The van der Waals surface area contributed by atoms with Crippen molar-refractivity contribution >= 4 is 17.9 Å². The summed E-state index contributed by atoms with van der Waals surface area (Å²) < 4.78 is 50.7. The summed E-state index contributed by atoms with van der Waals surface area (Å²) >= 11 is 1.20. The van der Waals surface area contributed by atoms with Crippen LogP contribution in [-0.2, 0) is 6.18 Å². The van der Waals surface area contributed by atoms with E-state index in [2.05, 4.69) is 5.32 Å². The molecule has 0 radical (unpaired) electrons. The molecule has 1 aliphatic rings. The smallest absolute Gasteiger partial charge is 0.419 e. The number of hydrogen-bond acceptors (Lipinski definition) is 2. The van der Waals surface area contributed by atoms with E-state index in [1.165, 1.54) is 17.8 Å². The molecule has 20 heavy (non-hydrogen) atoms. The fraction of sp³-hybridized carbons (Fsp3) is 0.417. The topological polar surface area (TPSA) is 49.3 Å². The molecule has 1 aromatic carbocycles. The first-order valence-corrected chi connectivity index (χ1v) is 6.66. The van der Waals surface area contributed by atoms with Gasteiger partial charge in [0.15, 0.2) is 0 Å². The van der Waals surface area contributed by atoms with Crippen molar-refractivity contribution in [3.05, 3.63) is 29.6 Å². The fourth-order valence-electron chi connectivity index (χ4n) is 1.94. The van der Waals surface area contributed by atoms with Gasteiger partial charge in [-0.2, -0.15) is 13.2 Å². The maximum absolute atomic E-state index is 13.1. The Balaban J connectivity index is 1.97. The van der Waals surface area contributed by atoms with E-state index >= 15 is 0 Å². The van der Waals surface area contributed by atoms with E-state index in [-0.39, 0.29) is 11.3 Å². The highest BCUT2D eigenvalue weighted by Gasteiger charge is 2.35. The SMILES string of the molecule is O=C(O)N[C@H]1C[C@H](Sc2ccc(F)c(C(F)(F)F)c2)C1. The average molecular weight is 309 g/mol. The Hall–Kier alpha value is -1.44. The largest absolute Gasteiger partial charge is 0.465 e. The summed E-state index contributed by atoms with van der Waals surface area (Å²) in [5.74, 6) is -1.29. The van der Waals surface area contributed by atoms with Gasteiger partial charge in [0.25, 0.3) is 0 Å². The van der Waals surface area contributed by atoms with Gasteiger partial charge < -0.3 is 10.4 Å². The van der Waals surface area contributed by atoms with Crippen LogP contribution in [0.3, 0.4) is 0 Å². The van der Waals surface area contributed by atoms with E-state index in [9.17, 15) is 22.4 Å². The number of carbonyl (C=O) groups is 1. The van der Waals surface area contributed by atoms with E-state index in [1.807, 2.05) is 0 Å². The molecule has 2 N–H and O–H groups in total. The lowest BCUT2D eigenvalue weighted by Gasteiger charge is -2.34. The zero-order valence-electron chi connectivity index (χ0n) is 10.1. The van der Waals surface area contributed by atoms with E-state index in [0.717, 1.165) is 12.1 Å². The molecule has 0 bridgehead atoms. The lowest BCUT2D eigenvalue weighted by molar-refractivity contribution is -0.140. The predicted octanol–water partition coefficient (Wildman–Crippen LogP) is 3.74. The summed E-state index contributed by atoms with van der Waals surface area (Å²) in [6.45, 7) is 0. The third-order valence-corrected chi connectivity index (χ3v) is 4.21. The summed E-state index contributed by atoms with van der Waals surface area (Å²) in [7, 11) is 0. The molecule has 0 saturated heterocycles. The molecule has 0 aliphatic heterocycles. The summed E-state index contributed by atoms with van der Waals surface area (Å²) in [4.78, 5) is 10.7. The molecule has 3 nitrogen and oxygen atoms in total. The second-order valence-electron chi connectivity index (χ2n) is 4.50. The molecule has 0 unspecified atom stereocenters. The minimum atomic E-state index is -4.71. The van der Waals surface area contributed by atoms with Crippen LogP contribution < -0.4 is 5.32 Å². The van der Waals surface area contributed by atoms with Crippen molar-refractivity contribution in [2.45, 2.75) is 35.2 Å². The first kappa shape index (κ1) is 15.0. The van der Waals surface area contributed by atoms with E-state index in [0.29, 0.717) is 17.7 Å². The highest BCUT2D eigenvalue weighted by Crippen LogP contribution is 2.39. The number of thioether (sulfide) groups is 1. The quantitative estimate of drug-likeness (QED) is 0.836. The Morgan fingerprint density at radius 2 is 2.00 bits per heavy atom. The highest BCUT2D eigenvalue weighted by molar-refractivity contribution is 8.00. The normalized spacial score (nSPS) is 22.2. The van der Waals surface area contributed by atoms with Gasteiger partial charge in [-0.25, -0.2) is 9.18 Å². The molecule has 2 rings (SSSR count). The van der Waals surface area contributed by atoms with Crippen molar-refractivity contribution < 1.29 is 27.5 Å². The van der Waals surface area contributed by atoms with Crippen LogP contribution in [0.15, 0.2) is 23.1 Å². The first-order chi connectivity index (χ1) is 9.25. The number of amides is 1. The number of hydrogen-bond donors (Lipinski definition) is 2. The van der Waals surface area contributed by atoms with Crippen LogP contribution in [0.2, 0.25) is 0 Å². The van der Waals surface area contributed by atoms with Crippen molar-refractivity contribution in [1.29, 1.82) is 0 Å². The maximum atomic E-state index is 13.1. The third kappa shape index (κ3) is 3.56. The summed E-state index contributed by atoms with van der Waals surface area (Å²) in [5, 5.41) is 10.8. The molecular weight excluding hydrogens is 298 g/mol. The monoisotopic (exact) mass is 309 g/mol. The second kappa shape index (κ2) is 5.51. The highest BCUT2D eigenvalue weighted by atomic mass is 32.2. The van der Waals surface area contributed by atoms with Crippen LogP contribution in [0.25, 0.3) is 0 Å². The standard InChI is InChI=1S/C12H11F4NO2S/c13-10-2-1-7(5-9(10)12(14,15)16)20-8-3-6(4-8)17-11(18)19/h1-2,5-6,8,17H,3-4H2,(H,18,19)/t6-,8-. The molecule has 1 saturated carbocycles. The van der Waals surface area contributed by atoms with Crippen LogP contribution in [-0.4, -0.2) is 22.5 Å². The molecule has 8 heteroatoms. The van der Waals surface area contributed by atoms with Crippen molar-refractivity contribution in [3.8, 4) is 0 Å². The van der Waals surface area contributed by atoms with Gasteiger partial charge in [0.2, 0.25) is 0 Å². The molecule has 1 aromatic rings. The summed E-state index contributed by atoms with van der Waals surface area (Å²) in [6, 6.07) is 2.73. The van der Waals surface area contributed by atoms with Gasteiger partial charge in [-0.1, -0.05) is 0 Å². The summed E-state index contributed by atoms with van der Waals surface area (Å²) in [6.07, 6.45) is -4.72. The molecule has 1 amide bonds. The van der Waals surface area contributed by atoms with Gasteiger partial charge in [-0.3, -0.25) is 0 Å².